The average molecular weight is 444 g/mol. The summed E-state index contributed by atoms with van der Waals surface area (Å²) in [4.78, 5) is 49.6. The molecule has 0 atom stereocenters. The largest absolute Gasteiger partial charge is 0.335 e. The summed E-state index contributed by atoms with van der Waals surface area (Å²) in [6.45, 7) is 5.49. The number of hydrogen-bond donors (Lipinski definition) is 1. The Labute approximate surface area is 189 Å². The molecule has 0 bridgehead atoms. The molecule has 1 aliphatic rings. The first-order chi connectivity index (χ1) is 15.7. The lowest BCUT2D eigenvalue weighted by atomic mass is 10.1. The lowest BCUT2D eigenvalue weighted by molar-refractivity contribution is -0.384. The molecule has 1 aliphatic heterocycles. The standard InChI is InChI=1S/C24H20N4O5/c1-14-7-9-18(10-8-14)27-23(30)21(22(29)25-24(27)31)12-17-11-15(2)26(16(17)3)19-5-4-6-20(13-19)28(32)33/h4-13H,1-3H3,(H,25,29,31)/b21-12+. The zero-order valence-corrected chi connectivity index (χ0v) is 18.2. The Balaban J connectivity index is 1.76. The minimum atomic E-state index is -0.812. The molecule has 4 amide bonds. The minimum Gasteiger partial charge on any atom is -0.318 e. The van der Waals surface area contributed by atoms with Gasteiger partial charge >= 0.3 is 6.03 Å². The number of nitro benzene ring substituents is 1. The van der Waals surface area contributed by atoms with Crippen LogP contribution in [0.2, 0.25) is 0 Å². The highest BCUT2D eigenvalue weighted by Crippen LogP contribution is 2.27. The number of amides is 4. The SMILES string of the molecule is Cc1ccc(N2C(=O)NC(=O)/C(=C\c3cc(C)n(-c4cccc([N+](=O)[O-])c4)c3C)C2=O)cc1. The zero-order valence-electron chi connectivity index (χ0n) is 18.2. The predicted octanol–water partition coefficient (Wildman–Crippen LogP) is 3.98. The number of imide groups is 2. The second-order valence-corrected chi connectivity index (χ2v) is 7.73. The lowest BCUT2D eigenvalue weighted by Crippen LogP contribution is -2.54. The van der Waals surface area contributed by atoms with Crippen molar-refractivity contribution >= 4 is 35.3 Å². The van der Waals surface area contributed by atoms with Crippen molar-refractivity contribution < 1.29 is 19.3 Å². The summed E-state index contributed by atoms with van der Waals surface area (Å²) in [5.41, 5.74) is 3.68. The van der Waals surface area contributed by atoms with Gasteiger partial charge in [-0.15, -0.1) is 0 Å². The molecule has 1 aromatic heterocycles. The molecule has 9 heteroatoms. The maximum absolute atomic E-state index is 13.1. The molecule has 2 heterocycles. The minimum absolute atomic E-state index is 0.0472. The summed E-state index contributed by atoms with van der Waals surface area (Å²) in [6.07, 6.45) is 1.43. The molecule has 4 rings (SSSR count). The highest BCUT2D eigenvalue weighted by Gasteiger charge is 2.37. The summed E-state index contributed by atoms with van der Waals surface area (Å²) < 4.78 is 1.80. The van der Waals surface area contributed by atoms with Gasteiger partial charge in [-0.2, -0.15) is 0 Å². The number of benzene rings is 2. The molecule has 1 fully saturated rings. The van der Waals surface area contributed by atoms with Crippen molar-refractivity contribution in [3.8, 4) is 5.69 Å². The molecule has 0 radical (unpaired) electrons. The van der Waals surface area contributed by atoms with E-state index in [1.165, 1.54) is 18.2 Å². The average Bonchev–Trinajstić information content (AvgIpc) is 3.05. The number of aromatic nitrogens is 1. The molecule has 0 spiro atoms. The van der Waals surface area contributed by atoms with E-state index in [-0.39, 0.29) is 11.3 Å². The van der Waals surface area contributed by atoms with Crippen molar-refractivity contribution in [3.63, 3.8) is 0 Å². The number of carbonyl (C=O) groups excluding carboxylic acids is 3. The molecule has 3 aromatic rings. The molecule has 33 heavy (non-hydrogen) atoms. The number of urea groups is 1. The number of aryl methyl sites for hydroxylation is 2. The number of carbonyl (C=O) groups is 3. The van der Waals surface area contributed by atoms with Gasteiger partial charge in [0.1, 0.15) is 5.57 Å². The Morgan fingerprint density at radius 2 is 1.64 bits per heavy atom. The molecule has 1 N–H and O–H groups in total. The van der Waals surface area contributed by atoms with E-state index in [0.717, 1.165) is 16.2 Å². The molecule has 0 saturated carbocycles. The number of nitrogens with one attached hydrogen (secondary N) is 1. The van der Waals surface area contributed by atoms with Crippen molar-refractivity contribution in [2.45, 2.75) is 20.8 Å². The summed E-state index contributed by atoms with van der Waals surface area (Å²) in [5.74, 6) is -1.51. The third-order valence-electron chi connectivity index (χ3n) is 5.46. The number of hydrogen-bond acceptors (Lipinski definition) is 5. The van der Waals surface area contributed by atoms with Crippen LogP contribution >= 0.6 is 0 Å². The van der Waals surface area contributed by atoms with E-state index in [0.29, 0.717) is 22.6 Å². The Kier molecular flexibility index (Phi) is 5.39. The first-order valence-electron chi connectivity index (χ1n) is 10.1. The molecular weight excluding hydrogens is 424 g/mol. The topological polar surface area (TPSA) is 115 Å². The Hall–Kier alpha value is -4.53. The Morgan fingerprint density at radius 1 is 0.939 bits per heavy atom. The fourth-order valence-corrected chi connectivity index (χ4v) is 3.82. The van der Waals surface area contributed by atoms with Crippen molar-refractivity contribution in [2.75, 3.05) is 4.90 Å². The van der Waals surface area contributed by atoms with Crippen LogP contribution in [0.25, 0.3) is 11.8 Å². The fraction of sp³-hybridized carbons (Fsp3) is 0.125. The van der Waals surface area contributed by atoms with Crippen LogP contribution in [-0.2, 0) is 9.59 Å². The van der Waals surface area contributed by atoms with E-state index in [9.17, 15) is 24.5 Å². The van der Waals surface area contributed by atoms with E-state index in [1.807, 2.05) is 13.8 Å². The molecule has 1 saturated heterocycles. The van der Waals surface area contributed by atoms with Crippen LogP contribution < -0.4 is 10.2 Å². The fourth-order valence-electron chi connectivity index (χ4n) is 3.82. The number of rotatable bonds is 4. The highest BCUT2D eigenvalue weighted by atomic mass is 16.6. The molecular formula is C24H20N4O5. The normalized spacial score (nSPS) is 15.2. The van der Waals surface area contributed by atoms with Gasteiger partial charge in [-0.25, -0.2) is 9.69 Å². The second-order valence-electron chi connectivity index (χ2n) is 7.73. The molecule has 166 valence electrons. The van der Waals surface area contributed by atoms with Crippen LogP contribution in [0.3, 0.4) is 0 Å². The zero-order chi connectivity index (χ0) is 23.9. The highest BCUT2D eigenvalue weighted by molar-refractivity contribution is 6.39. The van der Waals surface area contributed by atoms with Gasteiger partial charge in [0.15, 0.2) is 0 Å². The quantitative estimate of drug-likeness (QED) is 0.283. The van der Waals surface area contributed by atoms with Gasteiger partial charge in [-0.3, -0.25) is 25.0 Å². The van der Waals surface area contributed by atoms with Gasteiger partial charge in [0.05, 0.1) is 16.3 Å². The first-order valence-corrected chi connectivity index (χ1v) is 10.1. The number of nitrogens with zero attached hydrogens (tertiary/aromatic N) is 3. The van der Waals surface area contributed by atoms with E-state index >= 15 is 0 Å². The molecule has 2 aromatic carbocycles. The van der Waals surface area contributed by atoms with Gasteiger partial charge < -0.3 is 4.57 Å². The first kappa shape index (κ1) is 21.7. The van der Waals surface area contributed by atoms with Crippen LogP contribution in [0.4, 0.5) is 16.2 Å². The van der Waals surface area contributed by atoms with Crippen molar-refractivity contribution in [3.05, 3.63) is 92.8 Å². The van der Waals surface area contributed by atoms with E-state index in [2.05, 4.69) is 5.32 Å². The van der Waals surface area contributed by atoms with Gasteiger partial charge in [0.25, 0.3) is 17.5 Å². The smallest absolute Gasteiger partial charge is 0.318 e. The predicted molar refractivity (Wildman–Crippen MR) is 122 cm³/mol. The number of barbiturate groups is 1. The number of anilines is 1. The van der Waals surface area contributed by atoms with Crippen LogP contribution in [0, 0.1) is 30.9 Å². The monoisotopic (exact) mass is 444 g/mol. The maximum Gasteiger partial charge on any atom is 0.335 e. The van der Waals surface area contributed by atoms with E-state index < -0.39 is 22.8 Å². The third kappa shape index (κ3) is 3.91. The van der Waals surface area contributed by atoms with Gasteiger partial charge in [-0.1, -0.05) is 23.8 Å². The van der Waals surface area contributed by atoms with E-state index in [4.69, 9.17) is 0 Å². The van der Waals surface area contributed by atoms with Crippen LogP contribution in [0.5, 0.6) is 0 Å². The summed E-state index contributed by atoms with van der Waals surface area (Å²) >= 11 is 0. The summed E-state index contributed by atoms with van der Waals surface area (Å²) in [6, 6.07) is 13.9. The summed E-state index contributed by atoms with van der Waals surface area (Å²) in [7, 11) is 0. The third-order valence-corrected chi connectivity index (χ3v) is 5.46. The summed E-state index contributed by atoms with van der Waals surface area (Å²) in [5, 5.41) is 13.4. The van der Waals surface area contributed by atoms with Gasteiger partial charge in [0.2, 0.25) is 0 Å². The lowest BCUT2D eigenvalue weighted by Gasteiger charge is -2.26. The Bertz CT molecular complexity index is 1350. The Morgan fingerprint density at radius 3 is 2.30 bits per heavy atom. The van der Waals surface area contributed by atoms with Crippen molar-refractivity contribution in [1.29, 1.82) is 0 Å². The van der Waals surface area contributed by atoms with Crippen molar-refractivity contribution in [1.82, 2.24) is 9.88 Å². The number of non-ortho nitro benzene ring substituents is 1. The van der Waals surface area contributed by atoms with Crippen LogP contribution in [0.1, 0.15) is 22.5 Å². The molecule has 0 unspecified atom stereocenters. The van der Waals surface area contributed by atoms with Gasteiger partial charge in [-0.05, 0) is 56.7 Å². The maximum atomic E-state index is 13.1. The van der Waals surface area contributed by atoms with E-state index in [1.54, 1.807) is 54.0 Å². The van der Waals surface area contributed by atoms with Crippen LogP contribution in [0.15, 0.2) is 60.2 Å². The van der Waals surface area contributed by atoms with Crippen LogP contribution in [-0.4, -0.2) is 27.3 Å². The van der Waals surface area contributed by atoms with Crippen molar-refractivity contribution in [2.24, 2.45) is 0 Å². The molecule has 9 nitrogen and oxygen atoms in total. The number of nitro groups is 1. The van der Waals surface area contributed by atoms with Gasteiger partial charge in [0, 0.05) is 23.5 Å². The second kappa shape index (κ2) is 8.19. The molecule has 0 aliphatic carbocycles.